The Kier molecular flexibility index (Phi) is 3.22. The van der Waals surface area contributed by atoms with Crippen molar-refractivity contribution in [2.45, 2.75) is 12.8 Å². The molecule has 1 fully saturated rings. The normalized spacial score (nSPS) is 15.3. The van der Waals surface area contributed by atoms with Gasteiger partial charge in [0.15, 0.2) is 0 Å². The number of nitrogens with zero attached hydrogens (tertiary/aromatic N) is 1. The van der Waals surface area contributed by atoms with Crippen LogP contribution in [0.3, 0.4) is 0 Å². The topological polar surface area (TPSA) is 36.3 Å². The van der Waals surface area contributed by atoms with Gasteiger partial charge in [-0.05, 0) is 25.0 Å². The van der Waals surface area contributed by atoms with Gasteiger partial charge in [-0.2, -0.15) is 0 Å². The number of para-hydroxylation sites is 1. The van der Waals surface area contributed by atoms with Crippen LogP contribution in [-0.4, -0.2) is 30.4 Å². The van der Waals surface area contributed by atoms with E-state index in [1.54, 1.807) is 0 Å². The van der Waals surface area contributed by atoms with Crippen LogP contribution >= 0.6 is 0 Å². The molecule has 0 bridgehead atoms. The minimum absolute atomic E-state index is 0.379. The molecule has 0 amide bonds. The minimum Gasteiger partial charge on any atom is -0.486 e. The van der Waals surface area contributed by atoms with Crippen molar-refractivity contribution in [3.05, 3.63) is 30.3 Å². The van der Waals surface area contributed by atoms with Gasteiger partial charge in [0.05, 0.1) is 0 Å². The van der Waals surface area contributed by atoms with E-state index in [0.717, 1.165) is 18.8 Å². The third-order valence-electron chi connectivity index (χ3n) is 2.61. The second-order valence-corrected chi connectivity index (χ2v) is 3.74. The van der Waals surface area contributed by atoms with E-state index in [2.05, 4.69) is 4.90 Å². The highest BCUT2D eigenvalue weighted by molar-refractivity contribution is 5.80. The summed E-state index contributed by atoms with van der Waals surface area (Å²) >= 11 is 0. The number of ether oxygens (including phenoxy) is 1. The number of likely N-dealkylation sites (tertiary alicyclic amines) is 1. The van der Waals surface area contributed by atoms with E-state index in [9.17, 15) is 0 Å². The molecule has 1 heterocycles. The second-order valence-electron chi connectivity index (χ2n) is 3.74. The first-order valence-electron chi connectivity index (χ1n) is 5.36. The smallest absolute Gasteiger partial charge is 0.145 e. The Hall–Kier alpha value is -1.51. The standard InChI is InChI=1S/C12H16N2O/c13-12(14-8-4-5-9-14)10-15-11-6-2-1-3-7-11/h1-3,6-7,13H,4-5,8-10H2. The van der Waals surface area contributed by atoms with Crippen molar-refractivity contribution < 1.29 is 4.74 Å². The molecule has 3 heteroatoms. The number of hydrogen-bond acceptors (Lipinski definition) is 2. The second kappa shape index (κ2) is 4.82. The number of rotatable bonds is 3. The van der Waals surface area contributed by atoms with Crippen LogP contribution < -0.4 is 4.74 Å². The van der Waals surface area contributed by atoms with E-state index < -0.39 is 0 Å². The van der Waals surface area contributed by atoms with Crippen LogP contribution in [0.2, 0.25) is 0 Å². The molecular formula is C12H16N2O. The fraction of sp³-hybridized carbons (Fsp3) is 0.417. The lowest BCUT2D eigenvalue weighted by molar-refractivity contribution is 0.349. The summed E-state index contributed by atoms with van der Waals surface area (Å²) < 4.78 is 5.51. The molecule has 0 radical (unpaired) electrons. The van der Waals surface area contributed by atoms with Gasteiger partial charge in [-0.3, -0.25) is 5.41 Å². The molecule has 80 valence electrons. The Morgan fingerprint density at radius 3 is 2.53 bits per heavy atom. The summed E-state index contributed by atoms with van der Waals surface area (Å²) in [5, 5.41) is 7.84. The summed E-state index contributed by atoms with van der Waals surface area (Å²) in [6.45, 7) is 2.40. The Morgan fingerprint density at radius 2 is 1.87 bits per heavy atom. The lowest BCUT2D eigenvalue weighted by Crippen LogP contribution is -2.31. The molecule has 1 saturated heterocycles. The van der Waals surface area contributed by atoms with Crippen molar-refractivity contribution in [1.82, 2.24) is 4.90 Å². The van der Waals surface area contributed by atoms with E-state index in [-0.39, 0.29) is 0 Å². The first-order valence-corrected chi connectivity index (χ1v) is 5.36. The van der Waals surface area contributed by atoms with Crippen molar-refractivity contribution in [3.63, 3.8) is 0 Å². The molecule has 0 aromatic heterocycles. The summed E-state index contributed by atoms with van der Waals surface area (Å²) in [6, 6.07) is 9.66. The average molecular weight is 204 g/mol. The van der Waals surface area contributed by atoms with Crippen LogP contribution in [0.15, 0.2) is 30.3 Å². The van der Waals surface area contributed by atoms with Crippen molar-refractivity contribution in [2.24, 2.45) is 0 Å². The van der Waals surface area contributed by atoms with Crippen molar-refractivity contribution in [3.8, 4) is 5.75 Å². The number of nitrogens with one attached hydrogen (secondary N) is 1. The lowest BCUT2D eigenvalue weighted by atomic mass is 10.3. The van der Waals surface area contributed by atoms with Gasteiger partial charge in [-0.25, -0.2) is 0 Å². The van der Waals surface area contributed by atoms with Gasteiger partial charge >= 0.3 is 0 Å². The summed E-state index contributed by atoms with van der Waals surface area (Å²) in [5.74, 6) is 1.43. The van der Waals surface area contributed by atoms with Gasteiger partial charge in [0, 0.05) is 13.1 Å². The van der Waals surface area contributed by atoms with Crippen molar-refractivity contribution in [2.75, 3.05) is 19.7 Å². The lowest BCUT2D eigenvalue weighted by Gasteiger charge is -2.18. The highest BCUT2D eigenvalue weighted by Gasteiger charge is 2.14. The van der Waals surface area contributed by atoms with Gasteiger partial charge in [-0.15, -0.1) is 0 Å². The van der Waals surface area contributed by atoms with E-state index in [1.807, 2.05) is 30.3 Å². The predicted molar refractivity (Wildman–Crippen MR) is 60.5 cm³/mol. The molecule has 0 spiro atoms. The van der Waals surface area contributed by atoms with Crippen molar-refractivity contribution >= 4 is 5.84 Å². The molecule has 0 atom stereocenters. The quantitative estimate of drug-likeness (QED) is 0.605. The molecule has 1 aliphatic rings. The maximum absolute atomic E-state index is 7.84. The van der Waals surface area contributed by atoms with Crippen molar-refractivity contribution in [1.29, 1.82) is 5.41 Å². The number of hydrogen-bond donors (Lipinski definition) is 1. The molecule has 3 nitrogen and oxygen atoms in total. The summed E-state index contributed by atoms with van der Waals surface area (Å²) in [6.07, 6.45) is 2.40. The third-order valence-corrected chi connectivity index (χ3v) is 2.61. The first-order chi connectivity index (χ1) is 7.36. The van der Waals surface area contributed by atoms with E-state index >= 15 is 0 Å². The van der Waals surface area contributed by atoms with Gasteiger partial charge < -0.3 is 9.64 Å². The summed E-state index contributed by atoms with van der Waals surface area (Å²) in [4.78, 5) is 2.09. The zero-order valence-electron chi connectivity index (χ0n) is 8.78. The largest absolute Gasteiger partial charge is 0.486 e. The predicted octanol–water partition coefficient (Wildman–Crippen LogP) is 2.14. The van der Waals surface area contributed by atoms with Gasteiger partial charge in [0.1, 0.15) is 18.2 Å². The average Bonchev–Trinajstić information content (AvgIpc) is 2.81. The maximum atomic E-state index is 7.84. The van der Waals surface area contributed by atoms with Gasteiger partial charge in [0.2, 0.25) is 0 Å². The Labute approximate surface area is 90.2 Å². The van der Waals surface area contributed by atoms with Gasteiger partial charge in [0.25, 0.3) is 0 Å². The monoisotopic (exact) mass is 204 g/mol. The third kappa shape index (κ3) is 2.72. The molecule has 0 unspecified atom stereocenters. The Morgan fingerprint density at radius 1 is 1.20 bits per heavy atom. The minimum atomic E-state index is 0.379. The Balaban J connectivity index is 1.80. The molecule has 2 rings (SSSR count). The maximum Gasteiger partial charge on any atom is 0.145 e. The highest BCUT2D eigenvalue weighted by atomic mass is 16.5. The fourth-order valence-corrected chi connectivity index (χ4v) is 1.75. The molecule has 1 aliphatic heterocycles. The molecule has 1 aromatic carbocycles. The zero-order valence-corrected chi connectivity index (χ0v) is 8.78. The zero-order chi connectivity index (χ0) is 10.5. The van der Waals surface area contributed by atoms with Crippen LogP contribution in [0, 0.1) is 5.41 Å². The number of amidine groups is 1. The molecular weight excluding hydrogens is 188 g/mol. The molecule has 1 aromatic rings. The summed E-state index contributed by atoms with van der Waals surface area (Å²) in [5.41, 5.74) is 0. The molecule has 15 heavy (non-hydrogen) atoms. The van der Waals surface area contributed by atoms with Crippen LogP contribution in [0.4, 0.5) is 0 Å². The van der Waals surface area contributed by atoms with E-state index in [0.29, 0.717) is 12.4 Å². The van der Waals surface area contributed by atoms with Crippen LogP contribution in [0.25, 0.3) is 0 Å². The molecule has 1 N–H and O–H groups in total. The van der Waals surface area contributed by atoms with E-state index in [4.69, 9.17) is 10.1 Å². The van der Waals surface area contributed by atoms with E-state index in [1.165, 1.54) is 12.8 Å². The number of benzene rings is 1. The van der Waals surface area contributed by atoms with Gasteiger partial charge in [-0.1, -0.05) is 18.2 Å². The highest BCUT2D eigenvalue weighted by Crippen LogP contribution is 2.11. The van der Waals surface area contributed by atoms with Crippen LogP contribution in [0.1, 0.15) is 12.8 Å². The Bertz CT molecular complexity index is 318. The van der Waals surface area contributed by atoms with Crippen LogP contribution in [0.5, 0.6) is 5.75 Å². The van der Waals surface area contributed by atoms with Crippen LogP contribution in [-0.2, 0) is 0 Å². The fourth-order valence-electron chi connectivity index (χ4n) is 1.75. The summed E-state index contributed by atoms with van der Waals surface area (Å²) in [7, 11) is 0. The first kappa shape index (κ1) is 10.0. The molecule has 0 saturated carbocycles. The SMILES string of the molecule is N=C(COc1ccccc1)N1CCCC1. The molecule has 0 aliphatic carbocycles.